The highest BCUT2D eigenvalue weighted by Gasteiger charge is 2.51. The van der Waals surface area contributed by atoms with Crippen LogP contribution in [0, 0.1) is 22.7 Å². The molecule has 1 saturated carbocycles. The third kappa shape index (κ3) is 2.12. The maximum absolute atomic E-state index is 12.3. The summed E-state index contributed by atoms with van der Waals surface area (Å²) in [6.07, 6.45) is 1.67. The second-order valence-electron chi connectivity index (χ2n) is 5.68. The van der Waals surface area contributed by atoms with Crippen LogP contribution in [0.2, 0.25) is 0 Å². The highest BCUT2D eigenvalue weighted by atomic mass is 32.2. The minimum atomic E-state index is -3.00. The molecule has 0 spiro atoms. The Labute approximate surface area is 108 Å². The first-order valence-electron chi connectivity index (χ1n) is 6.18. The Morgan fingerprint density at radius 3 is 2.44 bits per heavy atom. The summed E-state index contributed by atoms with van der Waals surface area (Å²) in [5.41, 5.74) is -0.902. The average Bonchev–Trinajstić information content (AvgIpc) is 2.63. The van der Waals surface area contributed by atoms with Crippen LogP contribution in [0.4, 0.5) is 0 Å². The Balaban J connectivity index is 2.09. The zero-order valence-corrected chi connectivity index (χ0v) is 11.5. The summed E-state index contributed by atoms with van der Waals surface area (Å²) in [5, 5.41) is 9.20. The van der Waals surface area contributed by atoms with Gasteiger partial charge in [-0.2, -0.15) is 5.26 Å². The summed E-state index contributed by atoms with van der Waals surface area (Å²) < 4.78 is 22.8. The van der Waals surface area contributed by atoms with Crippen molar-refractivity contribution in [3.63, 3.8) is 0 Å². The van der Waals surface area contributed by atoms with Crippen molar-refractivity contribution in [2.75, 3.05) is 18.6 Å². The molecule has 1 aliphatic heterocycles. The summed E-state index contributed by atoms with van der Waals surface area (Å²) in [7, 11) is -1.38. The van der Waals surface area contributed by atoms with Crippen LogP contribution < -0.4 is 0 Å². The van der Waals surface area contributed by atoms with Gasteiger partial charge in [-0.15, -0.1) is 0 Å². The summed E-state index contributed by atoms with van der Waals surface area (Å²) in [6.45, 7) is 2.02. The van der Waals surface area contributed by atoms with Crippen molar-refractivity contribution < 1.29 is 13.2 Å². The van der Waals surface area contributed by atoms with Crippen LogP contribution >= 0.6 is 0 Å². The summed E-state index contributed by atoms with van der Waals surface area (Å²) in [4.78, 5) is 13.8. The molecule has 0 aromatic rings. The lowest BCUT2D eigenvalue weighted by Gasteiger charge is -2.42. The van der Waals surface area contributed by atoms with E-state index in [1.54, 1.807) is 7.05 Å². The molecule has 5 nitrogen and oxygen atoms in total. The largest absolute Gasteiger partial charge is 0.340 e. The number of rotatable bonds is 2. The molecule has 1 unspecified atom stereocenters. The summed E-state index contributed by atoms with van der Waals surface area (Å²) in [6, 6.07) is 1.87. The quantitative estimate of drug-likeness (QED) is 0.735. The van der Waals surface area contributed by atoms with Gasteiger partial charge in [-0.05, 0) is 25.2 Å². The fourth-order valence-electron chi connectivity index (χ4n) is 3.03. The van der Waals surface area contributed by atoms with Gasteiger partial charge in [-0.25, -0.2) is 8.42 Å². The lowest BCUT2D eigenvalue weighted by molar-refractivity contribution is -0.145. The van der Waals surface area contributed by atoms with E-state index in [1.165, 1.54) is 4.90 Å². The average molecular weight is 270 g/mol. The van der Waals surface area contributed by atoms with E-state index in [9.17, 15) is 18.5 Å². The number of carbonyl (C=O) groups excluding carboxylic acids is 1. The van der Waals surface area contributed by atoms with Gasteiger partial charge in [-0.1, -0.05) is 6.92 Å². The van der Waals surface area contributed by atoms with E-state index in [2.05, 4.69) is 6.07 Å². The van der Waals surface area contributed by atoms with Gasteiger partial charge in [-0.3, -0.25) is 4.79 Å². The summed E-state index contributed by atoms with van der Waals surface area (Å²) >= 11 is 0. The van der Waals surface area contributed by atoms with Gasteiger partial charge in [0.15, 0.2) is 9.84 Å². The van der Waals surface area contributed by atoms with Gasteiger partial charge in [0.1, 0.15) is 5.41 Å². The number of nitrogens with zero attached hydrogens (tertiary/aromatic N) is 2. The minimum Gasteiger partial charge on any atom is -0.340 e. The van der Waals surface area contributed by atoms with E-state index >= 15 is 0 Å². The fourth-order valence-corrected chi connectivity index (χ4v) is 4.80. The van der Waals surface area contributed by atoms with Gasteiger partial charge < -0.3 is 4.90 Å². The van der Waals surface area contributed by atoms with E-state index < -0.39 is 15.3 Å². The molecule has 1 atom stereocenters. The van der Waals surface area contributed by atoms with E-state index in [-0.39, 0.29) is 23.5 Å². The molecule has 1 aliphatic carbocycles. The zero-order chi connectivity index (χ0) is 13.6. The molecule has 18 heavy (non-hydrogen) atoms. The highest BCUT2D eigenvalue weighted by molar-refractivity contribution is 7.91. The number of amides is 1. The fraction of sp³-hybridized carbons (Fsp3) is 0.833. The number of hydrogen-bond acceptors (Lipinski definition) is 4. The Morgan fingerprint density at radius 2 is 2.06 bits per heavy atom. The molecule has 100 valence electrons. The molecule has 2 aliphatic rings. The molecule has 0 bridgehead atoms. The van der Waals surface area contributed by atoms with Crippen LogP contribution in [0.15, 0.2) is 0 Å². The molecule has 0 radical (unpaired) electrons. The Bertz CT molecular complexity index is 500. The number of sulfone groups is 1. The van der Waals surface area contributed by atoms with Crippen molar-refractivity contribution in [1.82, 2.24) is 4.90 Å². The molecule has 0 aromatic heterocycles. The smallest absolute Gasteiger partial charge is 0.243 e. The first-order chi connectivity index (χ1) is 8.30. The van der Waals surface area contributed by atoms with Crippen LogP contribution in [-0.2, 0) is 14.6 Å². The van der Waals surface area contributed by atoms with Gasteiger partial charge in [0.2, 0.25) is 5.91 Å². The van der Waals surface area contributed by atoms with E-state index in [0.29, 0.717) is 25.2 Å². The van der Waals surface area contributed by atoms with Crippen LogP contribution in [0.1, 0.15) is 26.2 Å². The third-order valence-electron chi connectivity index (χ3n) is 4.09. The standard InChI is InChI=1S/C12H18N2O3S/c1-9-5-12(6-9,8-13)11(15)14(2)10-3-4-18(16,17)7-10/h9-10H,3-7H2,1-2H3. The van der Waals surface area contributed by atoms with Gasteiger partial charge >= 0.3 is 0 Å². The van der Waals surface area contributed by atoms with Crippen molar-refractivity contribution in [2.45, 2.75) is 32.2 Å². The highest BCUT2D eigenvalue weighted by Crippen LogP contribution is 2.46. The van der Waals surface area contributed by atoms with Crippen LogP contribution in [0.5, 0.6) is 0 Å². The van der Waals surface area contributed by atoms with Crippen LogP contribution in [0.3, 0.4) is 0 Å². The van der Waals surface area contributed by atoms with Gasteiger partial charge in [0.25, 0.3) is 0 Å². The number of carbonyl (C=O) groups is 1. The van der Waals surface area contributed by atoms with Crippen molar-refractivity contribution in [3.05, 3.63) is 0 Å². The molecule has 1 heterocycles. The van der Waals surface area contributed by atoms with Crippen LogP contribution in [-0.4, -0.2) is 43.8 Å². The lowest BCUT2D eigenvalue weighted by Crippen LogP contribution is -2.51. The van der Waals surface area contributed by atoms with E-state index in [1.807, 2.05) is 6.92 Å². The maximum atomic E-state index is 12.3. The molecule has 0 aromatic carbocycles. The van der Waals surface area contributed by atoms with Crippen molar-refractivity contribution in [1.29, 1.82) is 5.26 Å². The maximum Gasteiger partial charge on any atom is 0.243 e. The first kappa shape index (κ1) is 13.3. The van der Waals surface area contributed by atoms with E-state index in [0.717, 1.165) is 0 Å². The minimum absolute atomic E-state index is 0.0340. The molecular formula is C12H18N2O3S. The third-order valence-corrected chi connectivity index (χ3v) is 5.84. The Kier molecular flexibility index (Phi) is 3.14. The number of hydrogen-bond donors (Lipinski definition) is 0. The monoisotopic (exact) mass is 270 g/mol. The molecule has 0 N–H and O–H groups in total. The predicted molar refractivity (Wildman–Crippen MR) is 66.3 cm³/mol. The first-order valence-corrected chi connectivity index (χ1v) is 8.01. The number of nitriles is 1. The van der Waals surface area contributed by atoms with Crippen molar-refractivity contribution in [3.8, 4) is 6.07 Å². The molecular weight excluding hydrogens is 252 g/mol. The lowest BCUT2D eigenvalue weighted by atomic mass is 9.62. The normalized spacial score (nSPS) is 37.6. The van der Waals surface area contributed by atoms with Gasteiger partial charge in [0.05, 0.1) is 17.6 Å². The summed E-state index contributed by atoms with van der Waals surface area (Å²) in [5.74, 6) is 0.372. The molecule has 1 saturated heterocycles. The SMILES string of the molecule is CC1CC(C#N)(C(=O)N(C)C2CCS(=O)(=O)C2)C1. The van der Waals surface area contributed by atoms with Crippen LogP contribution in [0.25, 0.3) is 0 Å². The molecule has 2 fully saturated rings. The molecule has 6 heteroatoms. The van der Waals surface area contributed by atoms with Crippen molar-refractivity contribution in [2.24, 2.45) is 11.3 Å². The Morgan fingerprint density at radius 1 is 1.44 bits per heavy atom. The van der Waals surface area contributed by atoms with E-state index in [4.69, 9.17) is 0 Å². The second kappa shape index (κ2) is 4.23. The van der Waals surface area contributed by atoms with Gasteiger partial charge in [0, 0.05) is 13.1 Å². The molecule has 2 rings (SSSR count). The molecule has 1 amide bonds. The van der Waals surface area contributed by atoms with Crippen molar-refractivity contribution >= 4 is 15.7 Å². The predicted octanol–water partition coefficient (Wildman–Crippen LogP) is 0.572. The Hall–Kier alpha value is -1.09. The topological polar surface area (TPSA) is 78.2 Å². The zero-order valence-electron chi connectivity index (χ0n) is 10.7. The second-order valence-corrected chi connectivity index (χ2v) is 7.91.